The number of piperidine rings is 1. The largest absolute Gasteiger partial charge is 0.352 e. The Morgan fingerprint density at radius 3 is 2.56 bits per heavy atom. The summed E-state index contributed by atoms with van der Waals surface area (Å²) in [5.74, 6) is -0.0510. The van der Waals surface area contributed by atoms with Gasteiger partial charge in [0, 0.05) is 12.1 Å². The summed E-state index contributed by atoms with van der Waals surface area (Å²) in [7, 11) is 0. The highest BCUT2D eigenvalue weighted by molar-refractivity contribution is 6.07. The lowest BCUT2D eigenvalue weighted by molar-refractivity contribution is -0.123. The zero-order chi connectivity index (χ0) is 17.2. The van der Waals surface area contributed by atoms with Crippen LogP contribution >= 0.6 is 12.4 Å². The van der Waals surface area contributed by atoms with Gasteiger partial charge in [0.25, 0.3) is 11.8 Å². The first-order valence-corrected chi connectivity index (χ1v) is 8.22. The SMILES string of the molecule is CC1(c2ccc(C(=O)NCC3CCCNC3)cc2)NC(=O)NC1=O.Cl. The van der Waals surface area contributed by atoms with Gasteiger partial charge >= 0.3 is 6.03 Å². The Kier molecular flexibility index (Phi) is 6.02. The van der Waals surface area contributed by atoms with Crippen molar-refractivity contribution in [1.82, 2.24) is 21.3 Å². The van der Waals surface area contributed by atoms with Gasteiger partial charge in [-0.1, -0.05) is 12.1 Å². The molecule has 2 saturated heterocycles. The molecule has 2 heterocycles. The summed E-state index contributed by atoms with van der Waals surface area (Å²) in [6, 6.07) is 6.23. The fourth-order valence-electron chi connectivity index (χ4n) is 3.14. The maximum atomic E-state index is 12.2. The normalized spacial score (nSPS) is 25.6. The lowest BCUT2D eigenvalue weighted by atomic mass is 9.91. The Hall–Kier alpha value is -2.12. The number of carbonyl (C=O) groups is 3. The Morgan fingerprint density at radius 1 is 1.28 bits per heavy atom. The number of urea groups is 1. The zero-order valence-corrected chi connectivity index (χ0v) is 14.9. The van der Waals surface area contributed by atoms with Crippen molar-refractivity contribution in [2.75, 3.05) is 19.6 Å². The molecule has 0 bridgehead atoms. The van der Waals surface area contributed by atoms with Crippen molar-refractivity contribution in [3.63, 3.8) is 0 Å². The zero-order valence-electron chi connectivity index (χ0n) is 14.1. The monoisotopic (exact) mass is 366 g/mol. The smallest absolute Gasteiger partial charge is 0.322 e. The van der Waals surface area contributed by atoms with E-state index in [0.29, 0.717) is 23.6 Å². The first-order valence-electron chi connectivity index (χ1n) is 8.22. The molecule has 4 N–H and O–H groups in total. The summed E-state index contributed by atoms with van der Waals surface area (Å²) in [6.45, 7) is 4.28. The minimum Gasteiger partial charge on any atom is -0.352 e. The Bertz CT molecular complexity index is 658. The molecule has 0 radical (unpaired) electrons. The maximum absolute atomic E-state index is 12.2. The van der Waals surface area contributed by atoms with E-state index in [9.17, 15) is 14.4 Å². The molecule has 2 fully saturated rings. The van der Waals surface area contributed by atoms with Crippen LogP contribution in [-0.2, 0) is 10.3 Å². The number of benzene rings is 1. The summed E-state index contributed by atoms with van der Waals surface area (Å²) in [6.07, 6.45) is 2.26. The Labute approximate surface area is 152 Å². The van der Waals surface area contributed by atoms with Crippen LogP contribution in [0.4, 0.5) is 4.79 Å². The van der Waals surface area contributed by atoms with Crippen molar-refractivity contribution in [1.29, 1.82) is 0 Å². The van der Waals surface area contributed by atoms with E-state index in [-0.39, 0.29) is 18.3 Å². The molecular formula is C17H23ClN4O3. The summed E-state index contributed by atoms with van der Waals surface area (Å²) in [5, 5.41) is 11.1. The molecule has 8 heteroatoms. The van der Waals surface area contributed by atoms with Gasteiger partial charge in [-0.15, -0.1) is 12.4 Å². The average molecular weight is 367 g/mol. The van der Waals surface area contributed by atoms with Crippen LogP contribution in [0.25, 0.3) is 0 Å². The van der Waals surface area contributed by atoms with Crippen LogP contribution in [-0.4, -0.2) is 37.5 Å². The summed E-state index contributed by atoms with van der Waals surface area (Å²) in [4.78, 5) is 35.5. The number of halogens is 1. The second-order valence-corrected chi connectivity index (χ2v) is 6.53. The lowest BCUT2D eigenvalue weighted by Gasteiger charge is -2.23. The van der Waals surface area contributed by atoms with E-state index >= 15 is 0 Å². The van der Waals surface area contributed by atoms with Gasteiger partial charge in [-0.2, -0.15) is 0 Å². The van der Waals surface area contributed by atoms with Gasteiger partial charge < -0.3 is 16.0 Å². The number of nitrogens with one attached hydrogen (secondary N) is 4. The fourth-order valence-corrected chi connectivity index (χ4v) is 3.14. The highest BCUT2D eigenvalue weighted by atomic mass is 35.5. The van der Waals surface area contributed by atoms with Crippen LogP contribution in [0.2, 0.25) is 0 Å². The van der Waals surface area contributed by atoms with Crippen LogP contribution in [0.1, 0.15) is 35.7 Å². The first kappa shape index (κ1) is 19.2. The third kappa shape index (κ3) is 4.11. The van der Waals surface area contributed by atoms with E-state index in [0.717, 1.165) is 25.9 Å². The number of hydrogen-bond donors (Lipinski definition) is 4. The van der Waals surface area contributed by atoms with Gasteiger partial charge in [-0.3, -0.25) is 14.9 Å². The number of hydrogen-bond acceptors (Lipinski definition) is 4. The highest BCUT2D eigenvalue weighted by Gasteiger charge is 2.43. The fraction of sp³-hybridized carbons (Fsp3) is 0.471. The van der Waals surface area contributed by atoms with Crippen molar-refractivity contribution in [3.8, 4) is 0 Å². The third-order valence-electron chi connectivity index (χ3n) is 4.72. The molecule has 1 aromatic rings. The third-order valence-corrected chi connectivity index (χ3v) is 4.72. The molecule has 2 aliphatic rings. The van der Waals surface area contributed by atoms with Crippen LogP contribution in [0.3, 0.4) is 0 Å². The number of amides is 4. The predicted molar refractivity (Wildman–Crippen MR) is 95.6 cm³/mol. The van der Waals surface area contributed by atoms with Gasteiger partial charge in [0.2, 0.25) is 0 Å². The van der Waals surface area contributed by atoms with Gasteiger partial charge in [0.15, 0.2) is 0 Å². The molecular weight excluding hydrogens is 344 g/mol. The van der Waals surface area contributed by atoms with E-state index < -0.39 is 17.5 Å². The minimum atomic E-state index is -1.10. The second-order valence-electron chi connectivity index (χ2n) is 6.53. The topological polar surface area (TPSA) is 99.3 Å². The molecule has 4 amide bonds. The van der Waals surface area contributed by atoms with Crippen molar-refractivity contribution in [2.45, 2.75) is 25.3 Å². The Morgan fingerprint density at radius 2 is 2.00 bits per heavy atom. The molecule has 7 nitrogen and oxygen atoms in total. The molecule has 0 aliphatic carbocycles. The lowest BCUT2D eigenvalue weighted by Crippen LogP contribution is -2.40. The molecule has 0 aromatic heterocycles. The second kappa shape index (κ2) is 7.84. The van der Waals surface area contributed by atoms with Crippen molar-refractivity contribution in [3.05, 3.63) is 35.4 Å². The molecule has 2 atom stereocenters. The van der Waals surface area contributed by atoms with Gasteiger partial charge in [0.1, 0.15) is 5.54 Å². The predicted octanol–water partition coefficient (Wildman–Crippen LogP) is 0.892. The van der Waals surface area contributed by atoms with Crippen LogP contribution in [0.5, 0.6) is 0 Å². The molecule has 3 rings (SSSR count). The highest BCUT2D eigenvalue weighted by Crippen LogP contribution is 2.24. The number of rotatable bonds is 4. The molecule has 2 unspecified atom stereocenters. The quantitative estimate of drug-likeness (QED) is 0.595. The van der Waals surface area contributed by atoms with E-state index in [4.69, 9.17) is 0 Å². The molecule has 2 aliphatic heterocycles. The summed E-state index contributed by atoms with van der Waals surface area (Å²) < 4.78 is 0. The molecule has 0 spiro atoms. The first-order chi connectivity index (χ1) is 11.5. The van der Waals surface area contributed by atoms with E-state index in [1.807, 2.05) is 0 Å². The molecule has 0 saturated carbocycles. The van der Waals surface area contributed by atoms with Gasteiger partial charge in [-0.05, 0) is 56.5 Å². The molecule has 25 heavy (non-hydrogen) atoms. The molecule has 136 valence electrons. The summed E-state index contributed by atoms with van der Waals surface area (Å²) in [5.41, 5.74) is 0.0783. The standard InChI is InChI=1S/C17H22N4O3.ClH/c1-17(15(23)20-16(24)21-17)13-6-4-12(5-7-13)14(22)19-10-11-3-2-8-18-9-11;/h4-7,11,18H,2-3,8-10H2,1H3,(H,19,22)(H2,20,21,23,24);1H. The van der Waals surface area contributed by atoms with E-state index in [2.05, 4.69) is 21.3 Å². The Balaban J connectivity index is 0.00000225. The maximum Gasteiger partial charge on any atom is 0.322 e. The summed E-state index contributed by atoms with van der Waals surface area (Å²) >= 11 is 0. The van der Waals surface area contributed by atoms with Crippen molar-refractivity contribution in [2.24, 2.45) is 5.92 Å². The van der Waals surface area contributed by atoms with Crippen LogP contribution in [0, 0.1) is 5.92 Å². The van der Waals surface area contributed by atoms with Crippen molar-refractivity contribution < 1.29 is 14.4 Å². The number of carbonyl (C=O) groups excluding carboxylic acids is 3. The average Bonchev–Trinajstić information content (AvgIpc) is 2.87. The van der Waals surface area contributed by atoms with Crippen molar-refractivity contribution >= 4 is 30.3 Å². The van der Waals surface area contributed by atoms with E-state index in [1.165, 1.54) is 0 Å². The molecule has 1 aromatic carbocycles. The minimum absolute atomic E-state index is 0. The van der Waals surface area contributed by atoms with Gasteiger partial charge in [-0.25, -0.2) is 4.79 Å². The van der Waals surface area contributed by atoms with E-state index in [1.54, 1.807) is 31.2 Å². The van der Waals surface area contributed by atoms with Crippen LogP contribution in [0.15, 0.2) is 24.3 Å². The van der Waals surface area contributed by atoms with Gasteiger partial charge in [0.05, 0.1) is 0 Å². The van der Waals surface area contributed by atoms with Crippen LogP contribution < -0.4 is 21.3 Å². The number of imide groups is 1.